The SMILES string of the molecule is CC[C@@]1(c2ccccc2)NC(=O)N(/N=C\c2cc3ccc(C)cc3nc2Cl)C1=O. The van der Waals surface area contributed by atoms with Gasteiger partial charge in [0, 0.05) is 10.9 Å². The molecule has 0 saturated carbocycles. The van der Waals surface area contributed by atoms with E-state index in [4.69, 9.17) is 11.6 Å². The number of halogens is 1. The summed E-state index contributed by atoms with van der Waals surface area (Å²) in [6.45, 7) is 3.83. The van der Waals surface area contributed by atoms with Crippen molar-refractivity contribution < 1.29 is 9.59 Å². The van der Waals surface area contributed by atoms with E-state index in [1.165, 1.54) is 6.21 Å². The normalized spacial score (nSPS) is 19.3. The fourth-order valence-corrected chi connectivity index (χ4v) is 3.70. The summed E-state index contributed by atoms with van der Waals surface area (Å²) in [4.78, 5) is 30.0. The van der Waals surface area contributed by atoms with E-state index in [9.17, 15) is 9.59 Å². The average Bonchev–Trinajstić information content (AvgIpc) is 2.97. The number of nitrogens with one attached hydrogen (secondary N) is 1. The van der Waals surface area contributed by atoms with Crippen molar-refractivity contribution in [2.75, 3.05) is 0 Å². The van der Waals surface area contributed by atoms with E-state index in [2.05, 4.69) is 15.4 Å². The molecule has 6 nitrogen and oxygen atoms in total. The number of imide groups is 1. The maximum absolute atomic E-state index is 13.1. The third-order valence-electron chi connectivity index (χ3n) is 5.13. The van der Waals surface area contributed by atoms with Crippen LogP contribution < -0.4 is 5.32 Å². The minimum atomic E-state index is -1.13. The fraction of sp³-hybridized carbons (Fsp3) is 0.182. The molecule has 7 heteroatoms. The molecule has 0 bridgehead atoms. The number of carbonyl (C=O) groups excluding carboxylic acids is 2. The predicted molar refractivity (Wildman–Crippen MR) is 113 cm³/mol. The van der Waals surface area contributed by atoms with Gasteiger partial charge in [-0.05, 0) is 36.6 Å². The number of urea groups is 1. The summed E-state index contributed by atoms with van der Waals surface area (Å²) in [5.74, 6) is -0.423. The quantitative estimate of drug-likeness (QED) is 0.396. The van der Waals surface area contributed by atoms with E-state index >= 15 is 0 Å². The number of benzene rings is 2. The molecule has 4 rings (SSSR count). The Kier molecular flexibility index (Phi) is 4.80. The lowest BCUT2D eigenvalue weighted by Gasteiger charge is -2.24. The van der Waals surface area contributed by atoms with E-state index in [1.807, 2.05) is 68.4 Å². The van der Waals surface area contributed by atoms with Crippen LogP contribution in [0, 0.1) is 6.92 Å². The summed E-state index contributed by atoms with van der Waals surface area (Å²) in [7, 11) is 0. The summed E-state index contributed by atoms with van der Waals surface area (Å²) in [5, 5.41) is 8.93. The zero-order chi connectivity index (χ0) is 20.6. The summed E-state index contributed by atoms with van der Waals surface area (Å²) in [6.07, 6.45) is 1.80. The highest BCUT2D eigenvalue weighted by molar-refractivity contribution is 6.32. The maximum Gasteiger partial charge on any atom is 0.346 e. The van der Waals surface area contributed by atoms with Crippen molar-refractivity contribution in [3.8, 4) is 0 Å². The second-order valence-electron chi connectivity index (χ2n) is 6.98. The molecule has 1 N–H and O–H groups in total. The number of hydrogen-bond donors (Lipinski definition) is 1. The molecule has 2 heterocycles. The number of fused-ring (bicyclic) bond motifs is 1. The summed E-state index contributed by atoms with van der Waals surface area (Å²) >= 11 is 6.29. The molecule has 0 spiro atoms. The molecule has 0 aliphatic carbocycles. The minimum absolute atomic E-state index is 0.253. The predicted octanol–water partition coefficient (Wildman–Crippen LogP) is 4.39. The van der Waals surface area contributed by atoms with Crippen LogP contribution in [0.1, 0.15) is 30.0 Å². The minimum Gasteiger partial charge on any atom is -0.318 e. The molecule has 146 valence electrons. The molecule has 0 radical (unpaired) electrons. The first-order chi connectivity index (χ1) is 13.9. The molecule has 2 aromatic carbocycles. The highest BCUT2D eigenvalue weighted by atomic mass is 35.5. The van der Waals surface area contributed by atoms with E-state index < -0.39 is 17.5 Å². The van der Waals surface area contributed by atoms with Gasteiger partial charge in [-0.3, -0.25) is 4.79 Å². The molecule has 3 aromatic rings. The molecule has 1 aromatic heterocycles. The van der Waals surface area contributed by atoms with Crippen LogP contribution >= 0.6 is 11.6 Å². The van der Waals surface area contributed by atoms with Gasteiger partial charge in [-0.15, -0.1) is 5.01 Å². The van der Waals surface area contributed by atoms with Gasteiger partial charge in [0.05, 0.1) is 11.7 Å². The Labute approximate surface area is 173 Å². The Morgan fingerprint density at radius 3 is 2.66 bits per heavy atom. The molecule has 1 saturated heterocycles. The lowest BCUT2D eigenvalue weighted by molar-refractivity contribution is -0.131. The van der Waals surface area contributed by atoms with E-state index in [1.54, 1.807) is 0 Å². The molecule has 29 heavy (non-hydrogen) atoms. The number of hydrogen-bond acceptors (Lipinski definition) is 4. The molecular weight excluding hydrogens is 388 g/mol. The number of hydrazone groups is 1. The topological polar surface area (TPSA) is 74.7 Å². The number of aryl methyl sites for hydroxylation is 1. The number of pyridine rings is 1. The van der Waals surface area contributed by atoms with Crippen LogP contribution in [0.3, 0.4) is 0 Å². The number of aromatic nitrogens is 1. The highest BCUT2D eigenvalue weighted by Gasteiger charge is 2.51. The van der Waals surface area contributed by atoms with Crippen molar-refractivity contribution in [2.45, 2.75) is 25.8 Å². The summed E-state index contributed by atoms with van der Waals surface area (Å²) in [5.41, 5.74) is 1.98. The number of amides is 3. The zero-order valence-electron chi connectivity index (χ0n) is 16.0. The van der Waals surface area contributed by atoms with E-state index in [0.717, 1.165) is 27.0 Å². The molecule has 3 amide bonds. The lowest BCUT2D eigenvalue weighted by Crippen LogP contribution is -2.43. The van der Waals surface area contributed by atoms with Gasteiger partial charge in [-0.2, -0.15) is 5.10 Å². The maximum atomic E-state index is 13.1. The van der Waals surface area contributed by atoms with Crippen LogP contribution in [-0.4, -0.2) is 28.1 Å². The molecule has 1 aliphatic rings. The van der Waals surface area contributed by atoms with Crippen molar-refractivity contribution in [1.82, 2.24) is 15.3 Å². The summed E-state index contributed by atoms with van der Waals surface area (Å²) in [6, 6.07) is 16.3. The van der Waals surface area contributed by atoms with Crippen LogP contribution in [0.4, 0.5) is 4.79 Å². The van der Waals surface area contributed by atoms with Crippen LogP contribution in [0.25, 0.3) is 10.9 Å². The van der Waals surface area contributed by atoms with E-state index in [-0.39, 0.29) is 5.15 Å². The van der Waals surface area contributed by atoms with Crippen molar-refractivity contribution in [3.63, 3.8) is 0 Å². The first kappa shape index (κ1) is 19.1. The third kappa shape index (κ3) is 3.25. The standard InChI is InChI=1S/C22H19ClN4O2/c1-3-22(17-7-5-4-6-8-17)20(28)27(21(29)26-22)24-13-16-12-15-10-9-14(2)11-18(15)25-19(16)23/h4-13H,3H2,1-2H3,(H,26,29)/b24-13-/t22-/m0/s1. The molecule has 1 atom stereocenters. The zero-order valence-corrected chi connectivity index (χ0v) is 16.8. The second kappa shape index (κ2) is 7.29. The Bertz CT molecular complexity index is 1150. The second-order valence-corrected chi connectivity index (χ2v) is 7.34. The smallest absolute Gasteiger partial charge is 0.318 e. The van der Waals surface area contributed by atoms with Gasteiger partial charge >= 0.3 is 6.03 Å². The van der Waals surface area contributed by atoms with Crippen molar-refractivity contribution in [3.05, 3.63) is 76.4 Å². The molecular formula is C22H19ClN4O2. The van der Waals surface area contributed by atoms with Crippen LogP contribution in [-0.2, 0) is 10.3 Å². The Balaban J connectivity index is 1.68. The Morgan fingerprint density at radius 2 is 1.93 bits per heavy atom. The van der Waals surface area contributed by atoms with Crippen LogP contribution in [0.2, 0.25) is 5.15 Å². The largest absolute Gasteiger partial charge is 0.346 e. The number of rotatable bonds is 4. The molecule has 1 aliphatic heterocycles. The van der Waals surface area contributed by atoms with Gasteiger partial charge < -0.3 is 5.32 Å². The lowest BCUT2D eigenvalue weighted by atomic mass is 9.87. The Morgan fingerprint density at radius 1 is 1.17 bits per heavy atom. The molecule has 0 unspecified atom stereocenters. The van der Waals surface area contributed by atoms with Crippen molar-refractivity contribution in [1.29, 1.82) is 0 Å². The number of carbonyl (C=O) groups is 2. The first-order valence-electron chi connectivity index (χ1n) is 9.28. The monoisotopic (exact) mass is 406 g/mol. The fourth-order valence-electron chi connectivity index (χ4n) is 3.51. The first-order valence-corrected chi connectivity index (χ1v) is 9.65. The Hall–Kier alpha value is -3.25. The third-order valence-corrected chi connectivity index (χ3v) is 5.44. The van der Waals surface area contributed by atoms with Gasteiger partial charge in [0.2, 0.25) is 0 Å². The summed E-state index contributed by atoms with van der Waals surface area (Å²) < 4.78 is 0. The number of nitrogens with zero attached hydrogens (tertiary/aromatic N) is 3. The van der Waals surface area contributed by atoms with Gasteiger partial charge in [-0.25, -0.2) is 9.78 Å². The van der Waals surface area contributed by atoms with Gasteiger partial charge in [0.15, 0.2) is 0 Å². The van der Waals surface area contributed by atoms with Gasteiger partial charge in [-0.1, -0.05) is 61.0 Å². The molecule has 1 fully saturated rings. The average molecular weight is 407 g/mol. The highest BCUT2D eigenvalue weighted by Crippen LogP contribution is 2.32. The van der Waals surface area contributed by atoms with E-state index in [0.29, 0.717) is 12.0 Å². The van der Waals surface area contributed by atoms with Crippen molar-refractivity contribution in [2.24, 2.45) is 5.10 Å². The van der Waals surface area contributed by atoms with Crippen LogP contribution in [0.5, 0.6) is 0 Å². The van der Waals surface area contributed by atoms with Gasteiger partial charge in [0.1, 0.15) is 10.7 Å². The van der Waals surface area contributed by atoms with Crippen LogP contribution in [0.15, 0.2) is 59.7 Å². The van der Waals surface area contributed by atoms with Gasteiger partial charge in [0.25, 0.3) is 5.91 Å². The van der Waals surface area contributed by atoms with Crippen molar-refractivity contribution >= 4 is 40.7 Å².